The van der Waals surface area contributed by atoms with Gasteiger partial charge in [-0.1, -0.05) is 0 Å². The Balaban J connectivity index is 2.72. The molecule has 0 bridgehead atoms. The maximum Gasteiger partial charge on any atom is 0.100 e. The molecule has 0 spiro atoms. The predicted octanol–water partition coefficient (Wildman–Crippen LogP) is 0.863. The van der Waals surface area contributed by atoms with Gasteiger partial charge in [0, 0.05) is 0 Å². The highest BCUT2D eigenvalue weighted by atomic mass is 16.5. The van der Waals surface area contributed by atoms with Crippen LogP contribution in [-0.4, -0.2) is 6.61 Å². The van der Waals surface area contributed by atoms with Crippen LogP contribution in [0.4, 0.5) is 0 Å². The summed E-state index contributed by atoms with van der Waals surface area (Å²) in [6.45, 7) is 5.21. The van der Waals surface area contributed by atoms with Crippen LogP contribution in [0.15, 0.2) is 6.26 Å². The zero-order chi connectivity index (χ0) is 5.54. The molecule has 0 amide bonds. The van der Waals surface area contributed by atoms with Crippen molar-refractivity contribution in [3.05, 3.63) is 12.8 Å². The first kappa shape index (κ1) is 6.03. The van der Waals surface area contributed by atoms with Crippen LogP contribution < -0.4 is 0 Å². The van der Waals surface area contributed by atoms with E-state index in [9.17, 15) is 0 Å². The molecule has 0 N–H and O–H groups in total. The monoisotopic (exact) mass is 96.0 g/mol. The molecule has 37 valence electrons. The molecule has 0 aliphatic carbocycles. The second-order valence-electron chi connectivity index (χ2n) is 0.915. The smallest absolute Gasteiger partial charge is 0.100 e. The number of hydrogen-bond acceptors (Lipinski definition) is 2. The molecule has 2 nitrogen and oxygen atoms in total. The number of hydrogen-bond donors (Lipinski definition) is 0. The molecule has 0 fully saturated rings. The standard InChI is InChI=1S/C5H6NO/c1-2-7-5-3-4-6/h1-2H,3,5H2. The van der Waals surface area contributed by atoms with Gasteiger partial charge in [0.2, 0.25) is 0 Å². The highest BCUT2D eigenvalue weighted by Gasteiger charge is 1.75. The van der Waals surface area contributed by atoms with Crippen LogP contribution in [0, 0.1) is 17.9 Å². The van der Waals surface area contributed by atoms with Gasteiger partial charge in [0.25, 0.3) is 0 Å². The Labute approximate surface area is 43.0 Å². The maximum atomic E-state index is 7.91. The summed E-state index contributed by atoms with van der Waals surface area (Å²) in [6.07, 6.45) is 1.48. The van der Waals surface area contributed by atoms with E-state index in [-0.39, 0.29) is 0 Å². The Hall–Kier alpha value is -0.970. The molecule has 0 heterocycles. The second kappa shape index (κ2) is 5.03. The van der Waals surface area contributed by atoms with Crippen LogP contribution in [0.1, 0.15) is 6.42 Å². The lowest BCUT2D eigenvalue weighted by Crippen LogP contribution is -1.81. The van der Waals surface area contributed by atoms with E-state index in [4.69, 9.17) is 11.8 Å². The summed E-state index contributed by atoms with van der Waals surface area (Å²) < 4.78 is 4.50. The highest BCUT2D eigenvalue weighted by molar-refractivity contribution is 4.67. The molecule has 0 atom stereocenters. The quantitative estimate of drug-likeness (QED) is 0.385. The molecule has 0 aliphatic rings. The Kier molecular flexibility index (Phi) is 4.33. The minimum atomic E-state index is 0.396. The van der Waals surface area contributed by atoms with E-state index in [0.717, 1.165) is 6.26 Å². The van der Waals surface area contributed by atoms with Gasteiger partial charge in [-0.15, -0.1) is 0 Å². The Bertz CT molecular complexity index is 82.6. The van der Waals surface area contributed by atoms with E-state index < -0.39 is 0 Å². The Morgan fingerprint density at radius 1 is 1.86 bits per heavy atom. The van der Waals surface area contributed by atoms with E-state index in [1.54, 1.807) is 0 Å². The Morgan fingerprint density at radius 2 is 2.57 bits per heavy atom. The van der Waals surface area contributed by atoms with Crippen molar-refractivity contribution in [2.24, 2.45) is 0 Å². The topological polar surface area (TPSA) is 33.0 Å². The molecular formula is C5H6NO. The minimum Gasteiger partial charge on any atom is -0.500 e. The van der Waals surface area contributed by atoms with Gasteiger partial charge >= 0.3 is 0 Å². The predicted molar refractivity (Wildman–Crippen MR) is 25.1 cm³/mol. The van der Waals surface area contributed by atoms with Crippen LogP contribution in [0.5, 0.6) is 0 Å². The van der Waals surface area contributed by atoms with Crippen molar-refractivity contribution in [3.8, 4) is 6.07 Å². The molecule has 0 unspecified atom stereocenters. The van der Waals surface area contributed by atoms with Crippen molar-refractivity contribution in [2.45, 2.75) is 6.42 Å². The first-order chi connectivity index (χ1) is 3.41. The van der Waals surface area contributed by atoms with Gasteiger partial charge < -0.3 is 4.74 Å². The van der Waals surface area contributed by atoms with Crippen molar-refractivity contribution in [2.75, 3.05) is 6.61 Å². The van der Waals surface area contributed by atoms with Crippen LogP contribution in [0.25, 0.3) is 0 Å². The molecular weight excluding hydrogens is 90.1 g/mol. The Morgan fingerprint density at radius 3 is 3.00 bits per heavy atom. The third kappa shape index (κ3) is 5.03. The summed E-state index contributed by atoms with van der Waals surface area (Å²) in [5.74, 6) is 0. The largest absolute Gasteiger partial charge is 0.500 e. The average Bonchev–Trinajstić information content (AvgIpc) is 1.69. The van der Waals surface area contributed by atoms with Crippen LogP contribution >= 0.6 is 0 Å². The highest BCUT2D eigenvalue weighted by Crippen LogP contribution is 1.76. The molecule has 0 saturated heterocycles. The molecule has 0 aromatic rings. The molecule has 0 aromatic heterocycles. The molecule has 0 saturated carbocycles. The normalized spacial score (nSPS) is 6.71. The fraction of sp³-hybridized carbons (Fsp3) is 0.400. The van der Waals surface area contributed by atoms with Gasteiger partial charge in [-0.25, -0.2) is 0 Å². The number of nitrogens with zero attached hydrogens (tertiary/aromatic N) is 1. The molecule has 2 heteroatoms. The first-order valence-corrected chi connectivity index (χ1v) is 1.93. The van der Waals surface area contributed by atoms with E-state index >= 15 is 0 Å². The summed E-state index contributed by atoms with van der Waals surface area (Å²) in [5, 5.41) is 7.91. The zero-order valence-corrected chi connectivity index (χ0v) is 3.92. The molecule has 7 heavy (non-hydrogen) atoms. The maximum absolute atomic E-state index is 7.91. The lowest BCUT2D eigenvalue weighted by molar-refractivity contribution is 0.258. The fourth-order valence-electron chi connectivity index (χ4n) is 0.173. The summed E-state index contributed by atoms with van der Waals surface area (Å²) in [5.41, 5.74) is 0. The van der Waals surface area contributed by atoms with Crippen molar-refractivity contribution in [1.29, 1.82) is 5.26 Å². The number of ether oxygens (including phenoxy) is 1. The summed E-state index contributed by atoms with van der Waals surface area (Å²) in [7, 11) is 0. The fourth-order valence-corrected chi connectivity index (χ4v) is 0.173. The third-order valence-electron chi connectivity index (χ3n) is 0.428. The van der Waals surface area contributed by atoms with Crippen molar-refractivity contribution in [1.82, 2.24) is 0 Å². The average molecular weight is 96.1 g/mol. The van der Waals surface area contributed by atoms with Gasteiger partial charge in [-0.2, -0.15) is 5.26 Å². The third-order valence-corrected chi connectivity index (χ3v) is 0.428. The lowest BCUT2D eigenvalue weighted by Gasteiger charge is -1.88. The molecule has 0 rings (SSSR count). The SMILES string of the molecule is [CH]=COCCC#N. The zero-order valence-electron chi connectivity index (χ0n) is 3.92. The lowest BCUT2D eigenvalue weighted by atomic mass is 10.5. The van der Waals surface area contributed by atoms with E-state index in [1.165, 1.54) is 0 Å². The van der Waals surface area contributed by atoms with Crippen molar-refractivity contribution in [3.63, 3.8) is 0 Å². The number of rotatable bonds is 3. The first-order valence-electron chi connectivity index (χ1n) is 1.93. The van der Waals surface area contributed by atoms with Gasteiger partial charge in [-0.3, -0.25) is 0 Å². The van der Waals surface area contributed by atoms with Crippen LogP contribution in [0.2, 0.25) is 0 Å². The number of nitriles is 1. The van der Waals surface area contributed by atoms with Crippen molar-refractivity contribution >= 4 is 0 Å². The van der Waals surface area contributed by atoms with Crippen LogP contribution in [0.3, 0.4) is 0 Å². The van der Waals surface area contributed by atoms with E-state index in [0.29, 0.717) is 13.0 Å². The summed E-state index contributed by atoms with van der Waals surface area (Å²) in [4.78, 5) is 0. The summed E-state index contributed by atoms with van der Waals surface area (Å²) >= 11 is 0. The molecule has 0 aliphatic heterocycles. The van der Waals surface area contributed by atoms with E-state index in [1.807, 2.05) is 6.07 Å². The van der Waals surface area contributed by atoms with Gasteiger partial charge in [0.15, 0.2) is 0 Å². The van der Waals surface area contributed by atoms with E-state index in [2.05, 4.69) is 4.74 Å². The minimum absolute atomic E-state index is 0.396. The second-order valence-corrected chi connectivity index (χ2v) is 0.915. The molecule has 1 radical (unpaired) electrons. The van der Waals surface area contributed by atoms with Crippen LogP contribution in [-0.2, 0) is 4.74 Å². The van der Waals surface area contributed by atoms with Gasteiger partial charge in [-0.05, 0) is 6.58 Å². The van der Waals surface area contributed by atoms with Gasteiger partial charge in [0.05, 0.1) is 18.8 Å². The van der Waals surface area contributed by atoms with Gasteiger partial charge in [0.1, 0.15) is 6.61 Å². The summed E-state index contributed by atoms with van der Waals surface area (Å²) in [6, 6.07) is 1.90. The molecule has 0 aromatic carbocycles. The van der Waals surface area contributed by atoms with Crippen molar-refractivity contribution < 1.29 is 4.74 Å².